The van der Waals surface area contributed by atoms with Gasteiger partial charge in [0, 0.05) is 8.95 Å². The molecule has 0 aliphatic rings. The zero-order valence-corrected chi connectivity index (χ0v) is 15.3. The lowest BCUT2D eigenvalue weighted by atomic mass is 10.1. The van der Waals surface area contributed by atoms with Crippen LogP contribution in [0.3, 0.4) is 0 Å². The van der Waals surface area contributed by atoms with Crippen LogP contribution in [0.2, 0.25) is 0 Å². The maximum atomic E-state index is 12.5. The zero-order chi connectivity index (χ0) is 17.0. The molecule has 23 heavy (non-hydrogen) atoms. The predicted octanol–water partition coefficient (Wildman–Crippen LogP) is 4.56. The summed E-state index contributed by atoms with van der Waals surface area (Å²) < 4.78 is 6.78. The van der Waals surface area contributed by atoms with Gasteiger partial charge >= 0.3 is 5.97 Å². The number of hydrogen-bond acceptors (Lipinski definition) is 3. The van der Waals surface area contributed by atoms with Crippen LogP contribution in [0.1, 0.15) is 27.6 Å². The van der Waals surface area contributed by atoms with Gasteiger partial charge < -0.3 is 15.2 Å². The van der Waals surface area contributed by atoms with E-state index in [0.717, 1.165) is 4.47 Å². The Kier molecular flexibility index (Phi) is 5.79. The van der Waals surface area contributed by atoms with Crippen LogP contribution in [0.4, 0.5) is 5.69 Å². The molecule has 0 atom stereocenters. The van der Waals surface area contributed by atoms with Gasteiger partial charge in [-0.05, 0) is 43.3 Å². The van der Waals surface area contributed by atoms with Crippen LogP contribution in [0.5, 0.6) is 5.75 Å². The minimum atomic E-state index is -1.12. The average molecular weight is 443 g/mol. The minimum Gasteiger partial charge on any atom is -0.493 e. The number of halogens is 2. The fourth-order valence-electron chi connectivity index (χ4n) is 1.95. The molecule has 0 fully saturated rings. The van der Waals surface area contributed by atoms with Gasteiger partial charge in [-0.1, -0.05) is 31.9 Å². The summed E-state index contributed by atoms with van der Waals surface area (Å²) >= 11 is 6.53. The SMILES string of the molecule is CCOc1ccc(Br)cc1C(=O)Nc1ccc(Br)cc1C(=O)O. The highest BCUT2D eigenvalue weighted by Gasteiger charge is 2.17. The third kappa shape index (κ3) is 4.33. The third-order valence-corrected chi connectivity index (χ3v) is 3.93. The van der Waals surface area contributed by atoms with Crippen molar-refractivity contribution in [1.29, 1.82) is 0 Å². The Morgan fingerprint density at radius 2 is 1.70 bits per heavy atom. The number of hydrogen-bond donors (Lipinski definition) is 2. The molecule has 0 saturated carbocycles. The van der Waals surface area contributed by atoms with Gasteiger partial charge in [-0.2, -0.15) is 0 Å². The maximum absolute atomic E-state index is 12.5. The van der Waals surface area contributed by atoms with Gasteiger partial charge in [-0.15, -0.1) is 0 Å². The Hall–Kier alpha value is -1.86. The standard InChI is InChI=1S/C16H13Br2NO4/c1-2-23-14-6-4-10(18)8-12(14)15(20)19-13-5-3-9(17)7-11(13)16(21)22/h3-8H,2H2,1H3,(H,19,20)(H,21,22). The van der Waals surface area contributed by atoms with Crippen LogP contribution in [-0.2, 0) is 0 Å². The first kappa shape index (κ1) is 17.5. The molecule has 120 valence electrons. The summed E-state index contributed by atoms with van der Waals surface area (Å²) in [6.07, 6.45) is 0. The van der Waals surface area contributed by atoms with Crippen LogP contribution >= 0.6 is 31.9 Å². The Morgan fingerprint density at radius 3 is 2.30 bits per heavy atom. The van der Waals surface area contributed by atoms with Crippen LogP contribution in [0.25, 0.3) is 0 Å². The zero-order valence-electron chi connectivity index (χ0n) is 12.1. The molecule has 0 aliphatic carbocycles. The monoisotopic (exact) mass is 441 g/mol. The number of carbonyl (C=O) groups excluding carboxylic acids is 1. The van der Waals surface area contributed by atoms with Crippen molar-refractivity contribution >= 4 is 49.4 Å². The predicted molar refractivity (Wildman–Crippen MR) is 94.4 cm³/mol. The van der Waals surface area contributed by atoms with E-state index in [1.807, 2.05) is 6.92 Å². The van der Waals surface area contributed by atoms with E-state index in [9.17, 15) is 14.7 Å². The van der Waals surface area contributed by atoms with Crippen molar-refractivity contribution in [3.63, 3.8) is 0 Å². The molecule has 1 amide bonds. The summed E-state index contributed by atoms with van der Waals surface area (Å²) in [5, 5.41) is 11.9. The highest BCUT2D eigenvalue weighted by atomic mass is 79.9. The molecule has 7 heteroatoms. The summed E-state index contributed by atoms with van der Waals surface area (Å²) in [6, 6.07) is 9.70. The molecule has 0 heterocycles. The second kappa shape index (κ2) is 7.61. The average Bonchev–Trinajstić information content (AvgIpc) is 2.50. The molecular formula is C16H13Br2NO4. The molecule has 0 bridgehead atoms. The lowest BCUT2D eigenvalue weighted by molar-refractivity contribution is 0.0698. The second-order valence-electron chi connectivity index (χ2n) is 4.52. The first-order chi connectivity index (χ1) is 10.9. The lowest BCUT2D eigenvalue weighted by Gasteiger charge is -2.12. The van der Waals surface area contributed by atoms with Crippen molar-refractivity contribution in [1.82, 2.24) is 0 Å². The molecule has 2 N–H and O–H groups in total. The van der Waals surface area contributed by atoms with Gasteiger partial charge in [0.15, 0.2) is 0 Å². The largest absolute Gasteiger partial charge is 0.493 e. The Balaban J connectivity index is 2.37. The smallest absolute Gasteiger partial charge is 0.337 e. The lowest BCUT2D eigenvalue weighted by Crippen LogP contribution is -2.16. The molecule has 2 aromatic carbocycles. The number of carboxylic acid groups (broad SMARTS) is 1. The quantitative estimate of drug-likeness (QED) is 0.711. The van der Waals surface area contributed by atoms with E-state index in [1.54, 1.807) is 24.3 Å². The van der Waals surface area contributed by atoms with Crippen molar-refractivity contribution in [3.8, 4) is 5.75 Å². The number of rotatable bonds is 5. The topological polar surface area (TPSA) is 75.6 Å². The number of carbonyl (C=O) groups is 2. The van der Waals surface area contributed by atoms with Gasteiger partial charge in [0.1, 0.15) is 5.75 Å². The summed E-state index contributed by atoms with van der Waals surface area (Å²) in [6.45, 7) is 2.24. The van der Waals surface area contributed by atoms with Gasteiger partial charge in [0.05, 0.1) is 23.4 Å². The minimum absolute atomic E-state index is 0.000631. The number of aromatic carboxylic acids is 1. The molecule has 0 unspecified atom stereocenters. The first-order valence-electron chi connectivity index (χ1n) is 6.69. The molecule has 0 aliphatic heterocycles. The van der Waals surface area contributed by atoms with Gasteiger partial charge in [-0.25, -0.2) is 4.79 Å². The number of ether oxygens (including phenoxy) is 1. The van der Waals surface area contributed by atoms with E-state index < -0.39 is 11.9 Å². The molecule has 2 aromatic rings. The summed E-state index contributed by atoms with van der Waals surface area (Å²) in [4.78, 5) is 23.8. The molecule has 0 radical (unpaired) electrons. The maximum Gasteiger partial charge on any atom is 0.337 e. The first-order valence-corrected chi connectivity index (χ1v) is 8.27. The fourth-order valence-corrected chi connectivity index (χ4v) is 2.68. The second-order valence-corrected chi connectivity index (χ2v) is 6.35. The van der Waals surface area contributed by atoms with E-state index in [0.29, 0.717) is 22.4 Å². The van der Waals surface area contributed by atoms with Crippen LogP contribution in [0, 0.1) is 0 Å². The van der Waals surface area contributed by atoms with E-state index in [4.69, 9.17) is 4.74 Å². The summed E-state index contributed by atoms with van der Waals surface area (Å²) in [5.41, 5.74) is 0.536. The Labute approximate surface area is 149 Å². The van der Waals surface area contributed by atoms with Crippen molar-refractivity contribution < 1.29 is 19.4 Å². The normalized spacial score (nSPS) is 10.2. The molecular weight excluding hydrogens is 430 g/mol. The van der Waals surface area contributed by atoms with E-state index in [-0.39, 0.29) is 11.3 Å². The molecule has 0 spiro atoms. The Bertz CT molecular complexity index is 762. The number of nitrogens with one attached hydrogen (secondary N) is 1. The molecule has 5 nitrogen and oxygen atoms in total. The summed E-state index contributed by atoms with van der Waals surface area (Å²) in [5.74, 6) is -1.14. The van der Waals surface area contributed by atoms with Crippen molar-refractivity contribution in [3.05, 3.63) is 56.5 Å². The number of amides is 1. The number of anilines is 1. The summed E-state index contributed by atoms with van der Waals surface area (Å²) in [7, 11) is 0. The highest BCUT2D eigenvalue weighted by Crippen LogP contribution is 2.26. The fraction of sp³-hybridized carbons (Fsp3) is 0.125. The third-order valence-electron chi connectivity index (χ3n) is 2.95. The molecule has 2 rings (SSSR count). The van der Waals surface area contributed by atoms with Crippen LogP contribution in [0.15, 0.2) is 45.3 Å². The van der Waals surface area contributed by atoms with Crippen LogP contribution in [-0.4, -0.2) is 23.6 Å². The van der Waals surface area contributed by atoms with Crippen LogP contribution < -0.4 is 10.1 Å². The van der Waals surface area contributed by atoms with E-state index in [1.165, 1.54) is 12.1 Å². The number of benzene rings is 2. The van der Waals surface area contributed by atoms with Gasteiger partial charge in [-0.3, -0.25) is 4.79 Å². The molecule has 0 saturated heterocycles. The van der Waals surface area contributed by atoms with E-state index >= 15 is 0 Å². The van der Waals surface area contributed by atoms with Gasteiger partial charge in [0.25, 0.3) is 5.91 Å². The van der Waals surface area contributed by atoms with E-state index in [2.05, 4.69) is 37.2 Å². The molecule has 0 aromatic heterocycles. The van der Waals surface area contributed by atoms with Gasteiger partial charge in [0.2, 0.25) is 0 Å². The number of carboxylic acids is 1. The van der Waals surface area contributed by atoms with Crippen molar-refractivity contribution in [2.45, 2.75) is 6.92 Å². The van der Waals surface area contributed by atoms with Crippen molar-refractivity contribution in [2.75, 3.05) is 11.9 Å². The van der Waals surface area contributed by atoms with Crippen molar-refractivity contribution in [2.24, 2.45) is 0 Å². The Morgan fingerprint density at radius 1 is 1.09 bits per heavy atom. The highest BCUT2D eigenvalue weighted by molar-refractivity contribution is 9.10.